The number of ether oxygens (including phenoxy) is 2. The molecule has 2 aromatic carbocycles. The number of hydrogen-bond donors (Lipinski definition) is 3. The summed E-state index contributed by atoms with van der Waals surface area (Å²) in [6.45, 7) is 3.09. The summed E-state index contributed by atoms with van der Waals surface area (Å²) in [6, 6.07) is 11.6. The second kappa shape index (κ2) is 12.1. The second-order valence-electron chi connectivity index (χ2n) is 11.0. The Morgan fingerprint density at radius 3 is 2.60 bits per heavy atom. The van der Waals surface area contributed by atoms with Crippen LogP contribution in [0.25, 0.3) is 11.1 Å². The van der Waals surface area contributed by atoms with Crippen LogP contribution >= 0.6 is 11.6 Å². The molecule has 1 spiro atoms. The van der Waals surface area contributed by atoms with Crippen LogP contribution < -0.4 is 25.4 Å². The largest absolute Gasteiger partial charge is 0.497 e. The van der Waals surface area contributed by atoms with Crippen molar-refractivity contribution < 1.29 is 32.5 Å². The van der Waals surface area contributed by atoms with Crippen molar-refractivity contribution in [1.29, 1.82) is 0 Å². The monoisotopic (exact) mass is 619 g/mol. The Morgan fingerprint density at radius 2 is 1.95 bits per heavy atom. The normalized spacial score (nSPS) is 20.7. The average Bonchev–Trinajstić information content (AvgIpc) is 3.33. The van der Waals surface area contributed by atoms with Gasteiger partial charge in [-0.2, -0.15) is 23.1 Å². The van der Waals surface area contributed by atoms with Crippen LogP contribution in [0.5, 0.6) is 11.6 Å². The van der Waals surface area contributed by atoms with Gasteiger partial charge >= 0.3 is 12.1 Å². The van der Waals surface area contributed by atoms with Gasteiger partial charge in [-0.05, 0) is 66.5 Å². The smallest absolute Gasteiger partial charge is 0.429 e. The summed E-state index contributed by atoms with van der Waals surface area (Å²) in [6.07, 6.45) is -4.49. The Labute approximate surface area is 252 Å². The molecule has 2 fully saturated rings. The number of halogens is 4. The van der Waals surface area contributed by atoms with Crippen molar-refractivity contribution in [3.63, 3.8) is 0 Å². The van der Waals surface area contributed by atoms with E-state index in [1.165, 1.54) is 31.4 Å². The number of carboxylic acids is 1. The van der Waals surface area contributed by atoms with Crippen LogP contribution in [0.1, 0.15) is 44.3 Å². The summed E-state index contributed by atoms with van der Waals surface area (Å²) in [5.74, 6) is -0.593. The van der Waals surface area contributed by atoms with Crippen molar-refractivity contribution in [2.24, 2.45) is 5.41 Å². The van der Waals surface area contributed by atoms with Crippen LogP contribution in [-0.4, -0.2) is 59.5 Å². The summed E-state index contributed by atoms with van der Waals surface area (Å²) >= 11 is 6.20. The fourth-order valence-electron chi connectivity index (χ4n) is 6.35. The molecule has 2 saturated heterocycles. The van der Waals surface area contributed by atoms with Crippen LogP contribution in [-0.2, 0) is 4.79 Å². The van der Waals surface area contributed by atoms with Gasteiger partial charge in [-0.1, -0.05) is 36.7 Å². The quantitative estimate of drug-likeness (QED) is 0.284. The number of aliphatic carboxylic acids is 1. The van der Waals surface area contributed by atoms with Gasteiger partial charge in [0.1, 0.15) is 17.6 Å². The minimum Gasteiger partial charge on any atom is -0.497 e. The zero-order valence-electron chi connectivity index (χ0n) is 23.7. The molecule has 9 nitrogen and oxygen atoms in total. The van der Waals surface area contributed by atoms with Crippen molar-refractivity contribution in [2.75, 3.05) is 30.8 Å². The highest BCUT2D eigenvalue weighted by Crippen LogP contribution is 2.46. The third kappa shape index (κ3) is 6.45. The molecule has 0 bridgehead atoms. The minimum atomic E-state index is -4.82. The van der Waals surface area contributed by atoms with Gasteiger partial charge < -0.3 is 30.5 Å². The SMILES string of the molecule is CCC1NC(C(=O)O)CC12CCN(c1cc(O[C@H](c3ccc(Cl)cc3-c3cccc(OC)c3)C(F)(F)F)nc(N)n1)CC2. The molecule has 3 aromatic rings. The highest BCUT2D eigenvalue weighted by Gasteiger charge is 2.50. The number of aromatic nitrogens is 2. The van der Waals surface area contributed by atoms with Crippen LogP contribution in [0.2, 0.25) is 5.02 Å². The zero-order valence-corrected chi connectivity index (χ0v) is 24.5. The fraction of sp³-hybridized carbons (Fsp3) is 0.433. The van der Waals surface area contributed by atoms with Gasteiger partial charge in [0.25, 0.3) is 0 Å². The van der Waals surface area contributed by atoms with Crippen LogP contribution in [0.4, 0.5) is 24.9 Å². The number of rotatable bonds is 8. The van der Waals surface area contributed by atoms with Crippen molar-refractivity contribution in [3.8, 4) is 22.8 Å². The van der Waals surface area contributed by atoms with E-state index in [9.17, 15) is 23.1 Å². The molecule has 0 amide bonds. The van der Waals surface area contributed by atoms with E-state index in [1.54, 1.807) is 24.3 Å². The van der Waals surface area contributed by atoms with E-state index in [0.717, 1.165) is 6.42 Å². The number of nitrogens with zero attached hydrogens (tertiary/aromatic N) is 3. The Balaban J connectivity index is 1.42. The van der Waals surface area contributed by atoms with Crippen molar-refractivity contribution in [3.05, 3.63) is 59.1 Å². The average molecular weight is 620 g/mol. The molecule has 2 unspecified atom stereocenters. The molecule has 5 rings (SSSR count). The van der Waals surface area contributed by atoms with E-state index in [2.05, 4.69) is 15.3 Å². The number of piperidine rings is 1. The van der Waals surface area contributed by atoms with Crippen molar-refractivity contribution in [2.45, 2.75) is 57.0 Å². The Morgan fingerprint density at radius 1 is 1.21 bits per heavy atom. The first-order valence-electron chi connectivity index (χ1n) is 14.0. The van der Waals surface area contributed by atoms with Gasteiger partial charge in [0, 0.05) is 35.8 Å². The van der Waals surface area contributed by atoms with Crippen molar-refractivity contribution in [1.82, 2.24) is 15.3 Å². The number of carboxylic acid groups (broad SMARTS) is 1. The molecule has 0 radical (unpaired) electrons. The lowest BCUT2D eigenvalue weighted by atomic mass is 9.71. The maximum Gasteiger partial charge on any atom is 0.429 e. The van der Waals surface area contributed by atoms with E-state index in [4.69, 9.17) is 26.8 Å². The van der Waals surface area contributed by atoms with Gasteiger partial charge in [0.2, 0.25) is 17.9 Å². The first-order chi connectivity index (χ1) is 20.4. The van der Waals surface area contributed by atoms with Crippen molar-refractivity contribution >= 4 is 29.3 Å². The van der Waals surface area contributed by atoms with Gasteiger partial charge in [0.15, 0.2) is 0 Å². The van der Waals surface area contributed by atoms with E-state index < -0.39 is 24.3 Å². The van der Waals surface area contributed by atoms with Gasteiger partial charge in [-0.15, -0.1) is 0 Å². The summed E-state index contributed by atoms with van der Waals surface area (Å²) in [5.41, 5.74) is 6.32. The summed E-state index contributed by atoms with van der Waals surface area (Å²) in [4.78, 5) is 21.8. The molecule has 3 heterocycles. The molecule has 2 aliphatic rings. The van der Waals surface area contributed by atoms with Gasteiger partial charge in [0.05, 0.1) is 7.11 Å². The number of hydrogen-bond acceptors (Lipinski definition) is 8. The van der Waals surface area contributed by atoms with Crippen LogP contribution in [0.15, 0.2) is 48.5 Å². The number of nitrogens with two attached hydrogens (primary N) is 1. The number of methoxy groups -OCH3 is 1. The molecule has 13 heteroatoms. The molecular weight excluding hydrogens is 587 g/mol. The highest BCUT2D eigenvalue weighted by molar-refractivity contribution is 6.30. The molecule has 1 aromatic heterocycles. The number of nitrogens with one attached hydrogen (secondary N) is 1. The lowest BCUT2D eigenvalue weighted by molar-refractivity contribution is -0.198. The van der Waals surface area contributed by atoms with Gasteiger partial charge in [-0.25, -0.2) is 0 Å². The standard InChI is InChI=1S/C30H33ClF3N5O4/c1-3-23-29(16-22(36-23)27(40)41)9-11-39(12-10-29)24-15-25(38-28(35)37-24)43-26(30(32,33)34)20-8-7-18(31)14-21(20)17-5-4-6-19(13-17)42-2/h4-8,13-15,22-23,26,36H,3,9-12,16H2,1-2H3,(H,40,41)(H2,35,37,38)/t22?,23?,26-/m1/s1. The molecule has 4 N–H and O–H groups in total. The lowest BCUT2D eigenvalue weighted by Gasteiger charge is -2.43. The number of benzene rings is 2. The molecule has 43 heavy (non-hydrogen) atoms. The predicted octanol–water partition coefficient (Wildman–Crippen LogP) is 5.88. The third-order valence-electron chi connectivity index (χ3n) is 8.46. The zero-order chi connectivity index (χ0) is 30.9. The lowest BCUT2D eigenvalue weighted by Crippen LogP contribution is -2.46. The summed E-state index contributed by atoms with van der Waals surface area (Å²) in [5, 5.41) is 13.1. The number of nitrogen functional groups attached to an aromatic ring is 1. The highest BCUT2D eigenvalue weighted by atomic mass is 35.5. The second-order valence-corrected chi connectivity index (χ2v) is 11.4. The maximum absolute atomic E-state index is 14.6. The van der Waals surface area contributed by atoms with E-state index in [-0.39, 0.29) is 39.4 Å². The molecule has 0 saturated carbocycles. The number of anilines is 2. The predicted molar refractivity (Wildman–Crippen MR) is 156 cm³/mol. The topological polar surface area (TPSA) is 123 Å². The minimum absolute atomic E-state index is 0.0656. The van der Waals surface area contributed by atoms with E-state index in [0.29, 0.717) is 49.5 Å². The third-order valence-corrected chi connectivity index (χ3v) is 8.70. The maximum atomic E-state index is 14.6. The number of alkyl halides is 3. The Bertz CT molecular complexity index is 1480. The molecule has 2 aliphatic heterocycles. The van der Waals surface area contributed by atoms with E-state index >= 15 is 0 Å². The Kier molecular flexibility index (Phi) is 8.62. The van der Waals surface area contributed by atoms with Gasteiger partial charge in [-0.3, -0.25) is 4.79 Å². The van der Waals surface area contributed by atoms with Crippen LogP contribution in [0, 0.1) is 5.41 Å². The number of carbonyl (C=O) groups is 1. The molecule has 0 aliphatic carbocycles. The summed E-state index contributed by atoms with van der Waals surface area (Å²) in [7, 11) is 1.47. The first-order valence-corrected chi connectivity index (χ1v) is 14.4. The fourth-order valence-corrected chi connectivity index (χ4v) is 6.52. The summed E-state index contributed by atoms with van der Waals surface area (Å²) < 4.78 is 54.6. The van der Waals surface area contributed by atoms with Crippen LogP contribution in [0.3, 0.4) is 0 Å². The molecular formula is C30H33ClF3N5O4. The molecule has 230 valence electrons. The first kappa shape index (κ1) is 30.7. The molecule has 3 atom stereocenters. The van der Waals surface area contributed by atoms with E-state index in [1.807, 2.05) is 11.8 Å². The Hall–Kier alpha value is -3.77.